The Bertz CT molecular complexity index is 645. The number of hydrogen-bond donors (Lipinski definition) is 2. The smallest absolute Gasteiger partial charge is 0.292 e. The van der Waals surface area contributed by atoms with Crippen molar-refractivity contribution in [2.45, 2.75) is 37.6 Å². The topological polar surface area (TPSA) is 101 Å². The third-order valence-electron chi connectivity index (χ3n) is 3.46. The number of nitro groups is 1. The van der Waals surface area contributed by atoms with Crippen LogP contribution in [0, 0.1) is 16.0 Å². The standard InChI is InChI=1S/C13H19N3O4S/c1-3-6-14-12-8-10(4-5-13(12)16(17)18)21(19,20)15-11-7-9(11)2/h4-5,8-9,11,14-15H,3,6-7H2,1-2H3. The predicted molar refractivity (Wildman–Crippen MR) is 79.8 cm³/mol. The SMILES string of the molecule is CCCNc1cc(S(=O)(=O)NC2CC2C)ccc1[N+](=O)[O-]. The van der Waals surface area contributed by atoms with Gasteiger partial charge in [-0.3, -0.25) is 10.1 Å². The molecule has 1 aromatic rings. The number of anilines is 1. The minimum absolute atomic E-state index is 0.0303. The molecule has 0 spiro atoms. The molecular formula is C13H19N3O4S. The molecule has 8 heteroatoms. The Hall–Kier alpha value is -1.67. The lowest BCUT2D eigenvalue weighted by atomic mass is 10.2. The van der Waals surface area contributed by atoms with Gasteiger partial charge in [0, 0.05) is 18.7 Å². The Balaban J connectivity index is 2.29. The Kier molecular flexibility index (Phi) is 4.48. The first kappa shape index (κ1) is 15.7. The lowest BCUT2D eigenvalue weighted by molar-refractivity contribution is -0.384. The Morgan fingerprint density at radius 3 is 2.62 bits per heavy atom. The number of rotatable bonds is 7. The molecule has 116 valence electrons. The van der Waals surface area contributed by atoms with Crippen molar-refractivity contribution in [1.82, 2.24) is 4.72 Å². The molecule has 0 heterocycles. The van der Waals surface area contributed by atoms with Crippen molar-refractivity contribution in [3.8, 4) is 0 Å². The van der Waals surface area contributed by atoms with E-state index >= 15 is 0 Å². The van der Waals surface area contributed by atoms with Crippen LogP contribution in [0.2, 0.25) is 0 Å². The molecule has 1 saturated carbocycles. The van der Waals surface area contributed by atoms with Gasteiger partial charge in [-0.05, 0) is 30.9 Å². The fourth-order valence-corrected chi connectivity index (χ4v) is 3.38. The van der Waals surface area contributed by atoms with Crippen LogP contribution in [0.25, 0.3) is 0 Å². The van der Waals surface area contributed by atoms with E-state index in [0.29, 0.717) is 12.5 Å². The summed E-state index contributed by atoms with van der Waals surface area (Å²) in [4.78, 5) is 10.5. The first-order valence-electron chi connectivity index (χ1n) is 6.89. The molecule has 1 aliphatic carbocycles. The third-order valence-corrected chi connectivity index (χ3v) is 4.94. The lowest BCUT2D eigenvalue weighted by Crippen LogP contribution is -2.27. The molecule has 1 aromatic carbocycles. The van der Waals surface area contributed by atoms with Crippen LogP contribution in [0.5, 0.6) is 0 Å². The fraction of sp³-hybridized carbons (Fsp3) is 0.538. The highest BCUT2D eigenvalue weighted by Crippen LogP contribution is 2.32. The van der Waals surface area contributed by atoms with Gasteiger partial charge < -0.3 is 5.32 Å². The van der Waals surface area contributed by atoms with Gasteiger partial charge in [0.1, 0.15) is 5.69 Å². The minimum Gasteiger partial charge on any atom is -0.379 e. The second-order valence-electron chi connectivity index (χ2n) is 5.30. The van der Waals surface area contributed by atoms with E-state index in [-0.39, 0.29) is 22.3 Å². The summed E-state index contributed by atoms with van der Waals surface area (Å²) >= 11 is 0. The average molecular weight is 313 g/mol. The Labute approximate surface area is 123 Å². The van der Waals surface area contributed by atoms with Gasteiger partial charge in [-0.1, -0.05) is 13.8 Å². The van der Waals surface area contributed by atoms with Gasteiger partial charge in [-0.15, -0.1) is 0 Å². The zero-order valence-electron chi connectivity index (χ0n) is 12.0. The van der Waals surface area contributed by atoms with E-state index in [1.807, 2.05) is 13.8 Å². The molecule has 2 atom stereocenters. The number of nitrogens with one attached hydrogen (secondary N) is 2. The molecule has 2 unspecified atom stereocenters. The number of nitrogens with zero attached hydrogens (tertiary/aromatic N) is 1. The van der Waals surface area contributed by atoms with Crippen molar-refractivity contribution in [2.75, 3.05) is 11.9 Å². The Morgan fingerprint density at radius 1 is 1.43 bits per heavy atom. The number of sulfonamides is 1. The molecule has 0 saturated heterocycles. The number of nitro benzene ring substituents is 1. The summed E-state index contributed by atoms with van der Waals surface area (Å²) < 4.78 is 27.1. The normalized spacial score (nSPS) is 21.0. The second kappa shape index (κ2) is 5.98. The van der Waals surface area contributed by atoms with E-state index in [1.54, 1.807) is 0 Å². The van der Waals surface area contributed by atoms with Crippen LogP contribution in [0.3, 0.4) is 0 Å². The van der Waals surface area contributed by atoms with E-state index in [4.69, 9.17) is 0 Å². The van der Waals surface area contributed by atoms with Gasteiger partial charge in [0.05, 0.1) is 9.82 Å². The van der Waals surface area contributed by atoms with Crippen LogP contribution in [-0.4, -0.2) is 25.9 Å². The van der Waals surface area contributed by atoms with Crippen molar-refractivity contribution in [1.29, 1.82) is 0 Å². The molecule has 0 aliphatic heterocycles. The summed E-state index contributed by atoms with van der Waals surface area (Å²) in [6, 6.07) is 3.79. The molecule has 21 heavy (non-hydrogen) atoms. The van der Waals surface area contributed by atoms with Crippen LogP contribution in [0.1, 0.15) is 26.7 Å². The monoisotopic (exact) mass is 313 g/mol. The highest BCUT2D eigenvalue weighted by Gasteiger charge is 2.36. The minimum atomic E-state index is -3.63. The molecule has 2 N–H and O–H groups in total. The maximum absolute atomic E-state index is 12.2. The van der Waals surface area contributed by atoms with E-state index in [1.165, 1.54) is 18.2 Å². The van der Waals surface area contributed by atoms with Gasteiger partial charge in [0.25, 0.3) is 5.69 Å². The highest BCUT2D eigenvalue weighted by atomic mass is 32.2. The molecule has 0 amide bonds. The van der Waals surface area contributed by atoms with Gasteiger partial charge in [-0.25, -0.2) is 13.1 Å². The summed E-state index contributed by atoms with van der Waals surface area (Å²) in [7, 11) is -3.63. The van der Waals surface area contributed by atoms with Crippen LogP contribution < -0.4 is 10.0 Å². The van der Waals surface area contributed by atoms with Crippen LogP contribution in [-0.2, 0) is 10.0 Å². The molecule has 1 aliphatic rings. The first-order chi connectivity index (χ1) is 9.85. The number of hydrogen-bond acceptors (Lipinski definition) is 5. The van der Waals surface area contributed by atoms with Gasteiger partial charge >= 0.3 is 0 Å². The summed E-state index contributed by atoms with van der Waals surface area (Å²) in [5.74, 6) is 0.343. The largest absolute Gasteiger partial charge is 0.379 e. The molecule has 2 rings (SSSR count). The van der Waals surface area contributed by atoms with Crippen molar-refractivity contribution in [3.05, 3.63) is 28.3 Å². The zero-order valence-corrected chi connectivity index (χ0v) is 12.8. The van der Waals surface area contributed by atoms with Crippen molar-refractivity contribution in [3.63, 3.8) is 0 Å². The predicted octanol–water partition coefficient (Wildman–Crippen LogP) is 2.10. The summed E-state index contributed by atoms with van der Waals surface area (Å²) in [5, 5.41) is 13.9. The quantitative estimate of drug-likeness (QED) is 0.593. The summed E-state index contributed by atoms with van der Waals surface area (Å²) in [6.07, 6.45) is 1.61. The van der Waals surface area contributed by atoms with Crippen LogP contribution in [0.4, 0.5) is 11.4 Å². The summed E-state index contributed by atoms with van der Waals surface area (Å²) in [6.45, 7) is 4.43. The first-order valence-corrected chi connectivity index (χ1v) is 8.38. The van der Waals surface area contributed by atoms with Crippen LogP contribution in [0.15, 0.2) is 23.1 Å². The van der Waals surface area contributed by atoms with E-state index in [2.05, 4.69) is 10.0 Å². The maximum atomic E-state index is 12.2. The average Bonchev–Trinajstić information content (AvgIpc) is 3.10. The van der Waals surface area contributed by atoms with Crippen molar-refractivity contribution >= 4 is 21.4 Å². The van der Waals surface area contributed by atoms with Gasteiger partial charge in [0.15, 0.2) is 0 Å². The van der Waals surface area contributed by atoms with Crippen LogP contribution >= 0.6 is 0 Å². The molecular weight excluding hydrogens is 294 g/mol. The zero-order chi connectivity index (χ0) is 15.6. The molecule has 0 aromatic heterocycles. The van der Waals surface area contributed by atoms with Crippen molar-refractivity contribution in [2.24, 2.45) is 5.92 Å². The number of benzene rings is 1. The highest BCUT2D eigenvalue weighted by molar-refractivity contribution is 7.89. The molecule has 0 radical (unpaired) electrons. The van der Waals surface area contributed by atoms with E-state index < -0.39 is 14.9 Å². The van der Waals surface area contributed by atoms with Gasteiger partial charge in [0.2, 0.25) is 10.0 Å². The van der Waals surface area contributed by atoms with Crippen molar-refractivity contribution < 1.29 is 13.3 Å². The molecule has 1 fully saturated rings. The third kappa shape index (κ3) is 3.70. The van der Waals surface area contributed by atoms with E-state index in [9.17, 15) is 18.5 Å². The Morgan fingerprint density at radius 2 is 2.10 bits per heavy atom. The van der Waals surface area contributed by atoms with Gasteiger partial charge in [-0.2, -0.15) is 0 Å². The second-order valence-corrected chi connectivity index (χ2v) is 7.02. The fourth-order valence-electron chi connectivity index (χ4n) is 2.00. The summed E-state index contributed by atoms with van der Waals surface area (Å²) in [5.41, 5.74) is 0.107. The van der Waals surface area contributed by atoms with E-state index in [0.717, 1.165) is 12.8 Å². The molecule has 0 bridgehead atoms. The lowest BCUT2D eigenvalue weighted by Gasteiger charge is -2.10. The molecule has 7 nitrogen and oxygen atoms in total. The maximum Gasteiger partial charge on any atom is 0.292 e.